The minimum absolute atomic E-state index is 0.188. The molecule has 2 aliphatic rings. The maximum atomic E-state index is 14.3. The van der Waals surface area contributed by atoms with Crippen molar-refractivity contribution in [1.29, 1.82) is 5.26 Å². The molecular formula is C49H50Cl2N4O7S2. The molecular weight excluding hydrogens is 892 g/mol. The minimum Gasteiger partial charge on any atom is -0.489 e. The lowest BCUT2D eigenvalue weighted by Crippen LogP contribution is -2.51. The number of aryl methyl sites for hydroxylation is 2. The highest BCUT2D eigenvalue weighted by atomic mass is 35.5. The van der Waals surface area contributed by atoms with E-state index in [1.807, 2.05) is 125 Å². The molecule has 2 aliphatic heterocycles. The number of halogens is 2. The predicted molar refractivity (Wildman–Crippen MR) is 253 cm³/mol. The standard InChI is InChI=1S/C45H38Cl2N4O5S2.C2H6.CH4O.CH2O/c1-27-45(57-28(2)50-27)58(53)51-24-36-22-42-41(55-26-43(56-42)34-12-14-37(15-13-34)54-25-31-7-16-38(46)39(47)19-31)21-35(36)20-40(51)44(52)49-18-17-29-3-8-32(9-4-29)33-10-5-30(23-48)6-11-33;3*1-2/h3-16,19,21-22,40,43H,17-18,20,24-26H2,1-2H3,(H,49,52);1-2H3;2H,1H3;1H2. The summed E-state index contributed by atoms with van der Waals surface area (Å²) in [6.07, 6.45) is 0.636. The molecule has 2 N–H and O–H groups in total. The fourth-order valence-corrected chi connectivity index (χ4v) is 10.2. The lowest BCUT2D eigenvalue weighted by atomic mass is 9.94. The molecule has 0 saturated carbocycles. The van der Waals surface area contributed by atoms with Crippen LogP contribution in [0.2, 0.25) is 10.0 Å². The van der Waals surface area contributed by atoms with Gasteiger partial charge in [0.25, 0.3) is 0 Å². The molecule has 0 radical (unpaired) electrons. The van der Waals surface area contributed by atoms with Crippen molar-refractivity contribution in [3.8, 4) is 34.4 Å². The van der Waals surface area contributed by atoms with E-state index >= 15 is 0 Å². The Bertz CT molecular complexity index is 2570. The molecule has 15 heteroatoms. The van der Waals surface area contributed by atoms with E-state index in [9.17, 15) is 9.00 Å². The molecule has 6 aromatic rings. The maximum absolute atomic E-state index is 14.3. The van der Waals surface area contributed by atoms with Crippen LogP contribution in [0.3, 0.4) is 0 Å². The fraction of sp³-hybridized carbons (Fsp3) is 0.265. The van der Waals surface area contributed by atoms with Crippen LogP contribution < -0.4 is 19.5 Å². The Kier molecular flexibility index (Phi) is 18.5. The van der Waals surface area contributed by atoms with Gasteiger partial charge in [-0.1, -0.05) is 91.6 Å². The third-order valence-electron chi connectivity index (χ3n) is 10.2. The zero-order chi connectivity index (χ0) is 46.3. The third-order valence-corrected chi connectivity index (χ3v) is 13.9. The van der Waals surface area contributed by atoms with Gasteiger partial charge in [0.1, 0.15) is 47.0 Å². The average molecular weight is 942 g/mol. The normalized spacial score (nSPS) is 15.2. The van der Waals surface area contributed by atoms with Crippen LogP contribution in [0.4, 0.5) is 0 Å². The summed E-state index contributed by atoms with van der Waals surface area (Å²) in [4.78, 5) is 26.5. The van der Waals surface area contributed by atoms with Gasteiger partial charge in [0.05, 0.1) is 32.4 Å². The van der Waals surface area contributed by atoms with E-state index in [4.69, 9.17) is 52.6 Å². The van der Waals surface area contributed by atoms with E-state index in [0.29, 0.717) is 75.4 Å². The number of hydrogen-bond donors (Lipinski definition) is 2. The number of rotatable bonds is 11. The fourth-order valence-electron chi connectivity index (χ4n) is 7.09. The Balaban J connectivity index is 0.00000123. The number of aliphatic hydroxyl groups excluding tert-OH is 1. The van der Waals surface area contributed by atoms with Crippen LogP contribution in [0, 0.1) is 25.2 Å². The maximum Gasteiger partial charge on any atom is 0.238 e. The number of amides is 1. The molecule has 0 bridgehead atoms. The van der Waals surface area contributed by atoms with Gasteiger partial charge in [0.15, 0.2) is 17.6 Å². The zero-order valence-corrected chi connectivity index (χ0v) is 39.4. The largest absolute Gasteiger partial charge is 0.489 e. The molecule has 64 heavy (non-hydrogen) atoms. The van der Waals surface area contributed by atoms with Crippen LogP contribution in [-0.4, -0.2) is 57.6 Å². The number of nitrogens with one attached hydrogen (secondary N) is 1. The summed E-state index contributed by atoms with van der Waals surface area (Å²) in [5.74, 6) is 1.72. The van der Waals surface area contributed by atoms with Gasteiger partial charge in [-0.2, -0.15) is 5.26 Å². The Labute approximate surface area is 391 Å². The number of thiazole rings is 1. The number of nitrogens with zero attached hydrogens (tertiary/aromatic N) is 3. The first-order chi connectivity index (χ1) is 31.1. The van der Waals surface area contributed by atoms with E-state index in [1.165, 1.54) is 11.3 Å². The van der Waals surface area contributed by atoms with E-state index < -0.39 is 17.0 Å². The smallest absolute Gasteiger partial charge is 0.238 e. The Morgan fingerprint density at radius 2 is 1.56 bits per heavy atom. The summed E-state index contributed by atoms with van der Waals surface area (Å²) in [6, 6.07) is 34.2. The van der Waals surface area contributed by atoms with Gasteiger partial charge in [0, 0.05) is 20.2 Å². The first kappa shape index (κ1) is 49.4. The Hall–Kier alpha value is -5.59. The lowest BCUT2D eigenvalue weighted by Gasteiger charge is -2.36. The molecule has 3 heterocycles. The highest BCUT2D eigenvalue weighted by Gasteiger charge is 2.38. The van der Waals surface area contributed by atoms with Crippen molar-refractivity contribution < 1.29 is 33.1 Å². The number of aromatic nitrogens is 1. The zero-order valence-electron chi connectivity index (χ0n) is 36.2. The number of aliphatic hydroxyl groups is 1. The van der Waals surface area contributed by atoms with Gasteiger partial charge >= 0.3 is 0 Å². The van der Waals surface area contributed by atoms with Crippen molar-refractivity contribution in [2.45, 2.75) is 70.0 Å². The van der Waals surface area contributed by atoms with Crippen LogP contribution >= 0.6 is 34.5 Å². The number of benzene rings is 5. The van der Waals surface area contributed by atoms with Crippen molar-refractivity contribution in [3.05, 3.63) is 157 Å². The summed E-state index contributed by atoms with van der Waals surface area (Å²) in [5.41, 5.74) is 8.20. The molecule has 11 nitrogen and oxygen atoms in total. The number of fused-ring (bicyclic) bond motifs is 2. The van der Waals surface area contributed by atoms with Gasteiger partial charge < -0.3 is 29.4 Å². The second kappa shape index (κ2) is 23.9. The third kappa shape index (κ3) is 12.1. The Morgan fingerprint density at radius 1 is 0.922 bits per heavy atom. The number of nitriles is 1. The number of carbonyl (C=O) groups excluding carboxylic acids is 2. The van der Waals surface area contributed by atoms with Crippen LogP contribution in [0.15, 0.2) is 107 Å². The first-order valence-corrected chi connectivity index (χ1v) is 23.1. The predicted octanol–water partition coefficient (Wildman–Crippen LogP) is 9.96. The van der Waals surface area contributed by atoms with Gasteiger partial charge in [-0.25, -0.2) is 13.5 Å². The molecule has 0 fully saturated rings. The SMILES string of the molecule is C=O.CC.CO.Cc1nc(C)c(S(=O)N2Cc3cc4c(cc3CC2C(=O)NCCc2ccc(-c3ccc(C#N)cc3)cc2)OCC(c2ccc(OCc3ccc(Cl)c(Cl)c3)cc2)O4)s1. The Morgan fingerprint density at radius 3 is 2.19 bits per heavy atom. The van der Waals surface area contributed by atoms with E-state index in [1.54, 1.807) is 16.4 Å². The molecule has 0 spiro atoms. The summed E-state index contributed by atoms with van der Waals surface area (Å²) in [6.45, 7) is 11.1. The minimum atomic E-state index is -1.63. The summed E-state index contributed by atoms with van der Waals surface area (Å²) >= 11 is 13.6. The number of ether oxygens (including phenoxy) is 3. The molecule has 3 atom stereocenters. The van der Waals surface area contributed by atoms with Crippen molar-refractivity contribution in [2.75, 3.05) is 20.3 Å². The van der Waals surface area contributed by atoms with Crippen LogP contribution in [0.5, 0.6) is 17.2 Å². The summed E-state index contributed by atoms with van der Waals surface area (Å²) < 4.78 is 35.4. The van der Waals surface area contributed by atoms with Gasteiger partial charge in [-0.3, -0.25) is 4.79 Å². The van der Waals surface area contributed by atoms with Crippen molar-refractivity contribution in [1.82, 2.24) is 14.6 Å². The number of hydrogen-bond acceptors (Lipinski definition) is 10. The first-order valence-electron chi connectivity index (χ1n) is 20.5. The van der Waals surface area contributed by atoms with Gasteiger partial charge in [0.2, 0.25) is 5.91 Å². The van der Waals surface area contributed by atoms with Crippen LogP contribution in [-0.2, 0) is 46.6 Å². The van der Waals surface area contributed by atoms with Crippen LogP contribution in [0.25, 0.3) is 11.1 Å². The summed E-state index contributed by atoms with van der Waals surface area (Å²) in [5, 5.41) is 21.0. The van der Waals surface area contributed by atoms with Crippen molar-refractivity contribution in [2.24, 2.45) is 0 Å². The monoisotopic (exact) mass is 940 g/mol. The molecule has 1 amide bonds. The van der Waals surface area contributed by atoms with Gasteiger partial charge in [-0.15, -0.1) is 11.3 Å². The highest BCUT2D eigenvalue weighted by molar-refractivity contribution is 7.85. The van der Waals surface area contributed by atoms with Crippen molar-refractivity contribution in [3.63, 3.8) is 0 Å². The van der Waals surface area contributed by atoms with Gasteiger partial charge in [-0.05, 0) is 114 Å². The van der Waals surface area contributed by atoms with E-state index in [2.05, 4.69) is 16.4 Å². The van der Waals surface area contributed by atoms with Crippen molar-refractivity contribution >= 4 is 58.2 Å². The molecule has 1 aromatic heterocycles. The summed E-state index contributed by atoms with van der Waals surface area (Å²) in [7, 11) is -0.626. The second-order valence-corrected chi connectivity index (χ2v) is 17.8. The topological polar surface area (TPSA) is 151 Å². The highest BCUT2D eigenvalue weighted by Crippen LogP contribution is 2.42. The molecule has 8 rings (SSSR count). The average Bonchev–Trinajstić information content (AvgIpc) is 3.69. The van der Waals surface area contributed by atoms with E-state index in [0.717, 1.165) is 51.1 Å². The second-order valence-electron chi connectivity index (χ2n) is 14.2. The number of carbonyl (C=O) groups is 2. The molecule has 0 aliphatic carbocycles. The van der Waals surface area contributed by atoms with E-state index in [-0.39, 0.29) is 18.6 Å². The van der Waals surface area contributed by atoms with Crippen LogP contribution in [0.1, 0.15) is 64.0 Å². The molecule has 3 unspecified atom stereocenters. The quantitative estimate of drug-likeness (QED) is 0.129. The molecule has 5 aromatic carbocycles. The molecule has 334 valence electrons. The lowest BCUT2D eigenvalue weighted by molar-refractivity contribution is -0.125. The molecule has 0 saturated heterocycles.